The highest BCUT2D eigenvalue weighted by atomic mass is 32.2. The van der Waals surface area contributed by atoms with Gasteiger partial charge in [0.05, 0.1) is 4.90 Å². The lowest BCUT2D eigenvalue weighted by Crippen LogP contribution is -2.53. The predicted octanol–water partition coefficient (Wildman–Crippen LogP) is 4.22. The molecule has 2 aliphatic rings. The van der Waals surface area contributed by atoms with Crippen LogP contribution in [0, 0.1) is 0 Å². The lowest BCUT2D eigenvalue weighted by atomic mass is 10.0. The van der Waals surface area contributed by atoms with Crippen molar-refractivity contribution in [2.45, 2.75) is 74.8 Å². The van der Waals surface area contributed by atoms with E-state index in [-0.39, 0.29) is 11.9 Å². The number of sulfonamides is 1. The molecule has 1 aliphatic carbocycles. The molecule has 1 aliphatic heterocycles. The number of benzene rings is 2. The maximum absolute atomic E-state index is 13.6. The number of piperidine rings is 1. The first-order chi connectivity index (χ1) is 14.1. The van der Waals surface area contributed by atoms with Crippen LogP contribution < -0.4 is 5.32 Å². The lowest BCUT2D eigenvalue weighted by Gasteiger charge is -2.34. The van der Waals surface area contributed by atoms with Gasteiger partial charge in [-0.15, -0.1) is 0 Å². The number of carbonyl (C=O) groups is 1. The van der Waals surface area contributed by atoms with Gasteiger partial charge in [0.15, 0.2) is 0 Å². The van der Waals surface area contributed by atoms with Gasteiger partial charge in [-0.2, -0.15) is 4.31 Å². The summed E-state index contributed by atoms with van der Waals surface area (Å²) in [6.07, 6.45) is 8.95. The zero-order valence-corrected chi connectivity index (χ0v) is 17.7. The third-order valence-corrected chi connectivity index (χ3v) is 8.26. The van der Waals surface area contributed by atoms with Crippen LogP contribution >= 0.6 is 0 Å². The summed E-state index contributed by atoms with van der Waals surface area (Å²) in [4.78, 5) is 13.4. The first-order valence-corrected chi connectivity index (χ1v) is 12.3. The van der Waals surface area contributed by atoms with Crippen LogP contribution in [0.5, 0.6) is 0 Å². The Labute approximate surface area is 173 Å². The van der Waals surface area contributed by atoms with Crippen molar-refractivity contribution in [1.29, 1.82) is 0 Å². The van der Waals surface area contributed by atoms with Gasteiger partial charge in [0, 0.05) is 18.0 Å². The molecule has 2 fully saturated rings. The van der Waals surface area contributed by atoms with Crippen LogP contribution in [-0.2, 0) is 14.8 Å². The van der Waals surface area contributed by atoms with Gasteiger partial charge >= 0.3 is 0 Å². The molecule has 5 nitrogen and oxygen atoms in total. The van der Waals surface area contributed by atoms with Crippen molar-refractivity contribution >= 4 is 26.7 Å². The Bertz CT molecular complexity index is 960. The quantitative estimate of drug-likeness (QED) is 0.762. The van der Waals surface area contributed by atoms with E-state index in [1.54, 1.807) is 12.1 Å². The molecule has 0 radical (unpaired) electrons. The molecule has 29 heavy (non-hydrogen) atoms. The summed E-state index contributed by atoms with van der Waals surface area (Å²) in [5.41, 5.74) is 0. The largest absolute Gasteiger partial charge is 0.352 e. The fourth-order valence-corrected chi connectivity index (χ4v) is 6.60. The average Bonchev–Trinajstić information content (AvgIpc) is 3.02. The van der Waals surface area contributed by atoms with Crippen molar-refractivity contribution in [3.63, 3.8) is 0 Å². The summed E-state index contributed by atoms with van der Waals surface area (Å²) in [5.74, 6) is -0.125. The first kappa shape index (κ1) is 20.4. The van der Waals surface area contributed by atoms with Crippen LogP contribution in [0.25, 0.3) is 10.8 Å². The second-order valence-electron chi connectivity index (χ2n) is 8.30. The summed E-state index contributed by atoms with van der Waals surface area (Å²) >= 11 is 0. The van der Waals surface area contributed by atoms with Crippen LogP contribution in [-0.4, -0.2) is 37.3 Å². The van der Waals surface area contributed by atoms with E-state index in [9.17, 15) is 13.2 Å². The van der Waals surface area contributed by atoms with E-state index in [0.717, 1.165) is 43.9 Å². The highest BCUT2D eigenvalue weighted by molar-refractivity contribution is 7.89. The number of hydrogen-bond donors (Lipinski definition) is 1. The molecule has 1 amide bonds. The molecule has 156 valence electrons. The fourth-order valence-electron chi connectivity index (χ4n) is 4.72. The topological polar surface area (TPSA) is 66.5 Å². The Morgan fingerprint density at radius 3 is 2.34 bits per heavy atom. The number of nitrogens with zero attached hydrogens (tertiary/aromatic N) is 1. The second kappa shape index (κ2) is 8.84. The molecule has 0 spiro atoms. The number of hydrogen-bond acceptors (Lipinski definition) is 3. The number of carbonyl (C=O) groups excluding carboxylic acids is 1. The summed E-state index contributed by atoms with van der Waals surface area (Å²) in [6.45, 7) is 0.397. The predicted molar refractivity (Wildman–Crippen MR) is 115 cm³/mol. The van der Waals surface area contributed by atoms with Gasteiger partial charge in [-0.1, -0.05) is 68.5 Å². The Balaban J connectivity index is 1.61. The molecular formula is C23H30N2O3S. The van der Waals surface area contributed by atoms with Crippen molar-refractivity contribution < 1.29 is 13.2 Å². The van der Waals surface area contributed by atoms with Gasteiger partial charge in [-0.25, -0.2) is 8.42 Å². The van der Waals surface area contributed by atoms with E-state index in [4.69, 9.17) is 0 Å². The maximum atomic E-state index is 13.6. The molecule has 0 aromatic heterocycles. The summed E-state index contributed by atoms with van der Waals surface area (Å²) in [6, 6.07) is 12.4. The van der Waals surface area contributed by atoms with Crippen molar-refractivity contribution in [2.75, 3.05) is 6.54 Å². The van der Waals surface area contributed by atoms with E-state index >= 15 is 0 Å². The van der Waals surface area contributed by atoms with Crippen LogP contribution in [0.2, 0.25) is 0 Å². The van der Waals surface area contributed by atoms with Gasteiger partial charge in [-0.3, -0.25) is 4.79 Å². The highest BCUT2D eigenvalue weighted by Gasteiger charge is 2.38. The molecule has 2 aromatic rings. The number of fused-ring (bicyclic) bond motifs is 1. The van der Waals surface area contributed by atoms with Crippen molar-refractivity contribution in [1.82, 2.24) is 9.62 Å². The van der Waals surface area contributed by atoms with E-state index in [2.05, 4.69) is 5.32 Å². The number of rotatable bonds is 4. The molecular weight excluding hydrogens is 384 g/mol. The minimum absolute atomic E-state index is 0.125. The van der Waals surface area contributed by atoms with Crippen molar-refractivity contribution in [3.8, 4) is 0 Å². The average molecular weight is 415 g/mol. The minimum Gasteiger partial charge on any atom is -0.352 e. The first-order valence-electron chi connectivity index (χ1n) is 10.9. The molecule has 4 rings (SSSR count). The van der Waals surface area contributed by atoms with Gasteiger partial charge in [-0.05, 0) is 37.1 Å². The number of nitrogens with one attached hydrogen (secondary N) is 1. The molecule has 1 saturated heterocycles. The molecule has 6 heteroatoms. The molecule has 1 N–H and O–H groups in total. The molecule has 0 bridgehead atoms. The van der Waals surface area contributed by atoms with Gasteiger partial charge in [0.25, 0.3) is 0 Å². The fraction of sp³-hybridized carbons (Fsp3) is 0.522. The van der Waals surface area contributed by atoms with E-state index < -0.39 is 16.1 Å². The zero-order valence-electron chi connectivity index (χ0n) is 16.8. The normalized spacial score (nSPS) is 22.3. The summed E-state index contributed by atoms with van der Waals surface area (Å²) in [5, 5.41) is 4.78. The van der Waals surface area contributed by atoms with Crippen LogP contribution in [0.1, 0.15) is 57.8 Å². The summed E-state index contributed by atoms with van der Waals surface area (Å²) < 4.78 is 28.7. The highest BCUT2D eigenvalue weighted by Crippen LogP contribution is 2.30. The van der Waals surface area contributed by atoms with E-state index in [1.165, 1.54) is 17.1 Å². The SMILES string of the molecule is O=C(NC1CCCCCC1)[C@H]1CCCCN1S(=O)(=O)c1cccc2ccccc12. The van der Waals surface area contributed by atoms with Crippen molar-refractivity contribution in [2.24, 2.45) is 0 Å². The standard InChI is InChI=1S/C23H30N2O3S/c26-23(24-19-12-3-1-2-4-13-19)21-15-7-8-17-25(21)29(27,28)22-16-9-11-18-10-5-6-14-20(18)22/h5-6,9-11,14,16,19,21H,1-4,7-8,12-13,15,17H2,(H,24,26)/t21-/m1/s1. The van der Waals surface area contributed by atoms with Crippen LogP contribution in [0.3, 0.4) is 0 Å². The monoisotopic (exact) mass is 414 g/mol. The van der Waals surface area contributed by atoms with E-state index in [1.807, 2.05) is 30.3 Å². The van der Waals surface area contributed by atoms with Crippen molar-refractivity contribution in [3.05, 3.63) is 42.5 Å². The number of amides is 1. The van der Waals surface area contributed by atoms with Gasteiger partial charge in [0.1, 0.15) is 6.04 Å². The summed E-state index contributed by atoms with van der Waals surface area (Å²) in [7, 11) is -3.76. The molecule has 1 saturated carbocycles. The maximum Gasteiger partial charge on any atom is 0.244 e. The van der Waals surface area contributed by atoms with E-state index in [0.29, 0.717) is 23.2 Å². The Morgan fingerprint density at radius 1 is 0.862 bits per heavy atom. The Morgan fingerprint density at radius 2 is 1.55 bits per heavy atom. The molecule has 1 atom stereocenters. The minimum atomic E-state index is -3.76. The Kier molecular flexibility index (Phi) is 6.20. The Hall–Kier alpha value is -1.92. The third-order valence-electron chi connectivity index (χ3n) is 6.29. The smallest absolute Gasteiger partial charge is 0.244 e. The van der Waals surface area contributed by atoms with Gasteiger partial charge < -0.3 is 5.32 Å². The molecule has 2 aromatic carbocycles. The molecule has 1 heterocycles. The zero-order chi connectivity index (χ0) is 20.3. The lowest BCUT2D eigenvalue weighted by molar-refractivity contribution is -0.126. The van der Waals surface area contributed by atoms with Crippen LogP contribution in [0.4, 0.5) is 0 Å². The molecule has 0 unspecified atom stereocenters. The van der Waals surface area contributed by atoms with Crippen LogP contribution in [0.15, 0.2) is 47.4 Å². The second-order valence-corrected chi connectivity index (χ2v) is 10.2. The third kappa shape index (κ3) is 4.33. The van der Waals surface area contributed by atoms with Gasteiger partial charge in [0.2, 0.25) is 15.9 Å².